The van der Waals surface area contributed by atoms with Crippen LogP contribution in [0.2, 0.25) is 0 Å². The van der Waals surface area contributed by atoms with Crippen LogP contribution in [0, 0.1) is 10.1 Å². The lowest BCUT2D eigenvalue weighted by Gasteiger charge is -2.36. The van der Waals surface area contributed by atoms with Gasteiger partial charge in [0.1, 0.15) is 6.17 Å². The largest absolute Gasteiger partial charge is 0.349 e. The van der Waals surface area contributed by atoms with Crippen molar-refractivity contribution in [2.45, 2.75) is 51.1 Å². The van der Waals surface area contributed by atoms with Crippen molar-refractivity contribution in [3.63, 3.8) is 0 Å². The second kappa shape index (κ2) is 6.51. The highest BCUT2D eigenvalue weighted by Crippen LogP contribution is 2.41. The van der Waals surface area contributed by atoms with E-state index in [-0.39, 0.29) is 22.2 Å². The standard InChI is InChI=1S/C18H25N3O3/c1-18(2)8-5-11-20(17(13-22)19-9-3-4-10-19)16-12-14(21(23)24)6-7-15(16)18/h6-7,12-13,17H,3-5,8-11H2,1-2H3. The summed E-state index contributed by atoms with van der Waals surface area (Å²) in [7, 11) is 0. The predicted molar refractivity (Wildman–Crippen MR) is 93.4 cm³/mol. The van der Waals surface area contributed by atoms with Gasteiger partial charge in [0.05, 0.1) is 4.92 Å². The lowest BCUT2D eigenvalue weighted by Crippen LogP contribution is -2.49. The highest BCUT2D eigenvalue weighted by molar-refractivity contribution is 5.70. The van der Waals surface area contributed by atoms with Crippen LogP contribution in [0.15, 0.2) is 18.2 Å². The van der Waals surface area contributed by atoms with Crippen LogP contribution in [0.4, 0.5) is 11.4 Å². The number of rotatable bonds is 4. The van der Waals surface area contributed by atoms with Gasteiger partial charge in [-0.25, -0.2) is 0 Å². The zero-order chi connectivity index (χ0) is 17.3. The van der Waals surface area contributed by atoms with Crippen LogP contribution in [0.25, 0.3) is 0 Å². The summed E-state index contributed by atoms with van der Waals surface area (Å²) < 4.78 is 0. The fourth-order valence-corrected chi connectivity index (χ4v) is 4.03. The molecule has 1 unspecified atom stereocenters. The minimum Gasteiger partial charge on any atom is -0.349 e. The van der Waals surface area contributed by atoms with Crippen LogP contribution in [-0.2, 0) is 10.2 Å². The molecule has 0 aromatic heterocycles. The molecule has 3 rings (SSSR count). The Morgan fingerprint density at radius 3 is 2.54 bits per heavy atom. The van der Waals surface area contributed by atoms with Crippen molar-refractivity contribution in [2.24, 2.45) is 0 Å². The molecule has 0 spiro atoms. The van der Waals surface area contributed by atoms with Gasteiger partial charge in [0.2, 0.25) is 0 Å². The van der Waals surface area contributed by atoms with E-state index in [1.165, 1.54) is 0 Å². The Hall–Kier alpha value is -1.95. The van der Waals surface area contributed by atoms with Crippen LogP contribution in [0.5, 0.6) is 0 Å². The average Bonchev–Trinajstić information content (AvgIpc) is 3.03. The number of hydrogen-bond donors (Lipinski definition) is 0. The average molecular weight is 331 g/mol. The molecule has 130 valence electrons. The fraction of sp³-hybridized carbons (Fsp3) is 0.611. The molecule has 1 atom stereocenters. The summed E-state index contributed by atoms with van der Waals surface area (Å²) >= 11 is 0. The van der Waals surface area contributed by atoms with Gasteiger partial charge in [0, 0.05) is 37.5 Å². The molecule has 0 N–H and O–H groups in total. The van der Waals surface area contributed by atoms with Gasteiger partial charge < -0.3 is 4.90 Å². The Bertz CT molecular complexity index is 638. The van der Waals surface area contributed by atoms with E-state index in [4.69, 9.17) is 0 Å². The van der Waals surface area contributed by atoms with Crippen molar-refractivity contribution in [3.8, 4) is 0 Å². The lowest BCUT2D eigenvalue weighted by molar-refractivity contribution is -0.384. The van der Waals surface area contributed by atoms with E-state index < -0.39 is 0 Å². The molecule has 1 aromatic carbocycles. The van der Waals surface area contributed by atoms with Crippen molar-refractivity contribution in [3.05, 3.63) is 33.9 Å². The van der Waals surface area contributed by atoms with Crippen molar-refractivity contribution in [1.82, 2.24) is 4.90 Å². The molecule has 2 heterocycles. The molecule has 6 heteroatoms. The number of non-ortho nitro benzene ring substituents is 1. The number of fused-ring (bicyclic) bond motifs is 1. The minimum absolute atomic E-state index is 0.0579. The maximum absolute atomic E-state index is 11.9. The maximum atomic E-state index is 11.9. The van der Waals surface area contributed by atoms with E-state index in [9.17, 15) is 14.9 Å². The van der Waals surface area contributed by atoms with Crippen LogP contribution < -0.4 is 4.90 Å². The molecule has 1 aromatic rings. The van der Waals surface area contributed by atoms with Crippen molar-refractivity contribution in [1.29, 1.82) is 0 Å². The monoisotopic (exact) mass is 331 g/mol. The van der Waals surface area contributed by atoms with Crippen molar-refractivity contribution >= 4 is 17.7 Å². The van der Waals surface area contributed by atoms with Gasteiger partial charge in [-0.1, -0.05) is 13.8 Å². The van der Waals surface area contributed by atoms with Gasteiger partial charge in [0.25, 0.3) is 5.69 Å². The maximum Gasteiger partial charge on any atom is 0.271 e. The molecule has 0 bridgehead atoms. The van der Waals surface area contributed by atoms with Gasteiger partial charge in [0.15, 0.2) is 6.29 Å². The summed E-state index contributed by atoms with van der Waals surface area (Å²) in [5.74, 6) is 0. The Kier molecular flexibility index (Phi) is 4.58. The predicted octanol–water partition coefficient (Wildman–Crippen LogP) is 3.09. The van der Waals surface area contributed by atoms with Gasteiger partial charge in [-0.05, 0) is 42.7 Å². The number of benzene rings is 1. The number of nitro benzene ring substituents is 1. The first-order valence-corrected chi connectivity index (χ1v) is 8.69. The van der Waals surface area contributed by atoms with E-state index in [0.717, 1.165) is 62.9 Å². The number of carbonyl (C=O) groups is 1. The van der Waals surface area contributed by atoms with E-state index in [2.05, 4.69) is 23.6 Å². The fourth-order valence-electron chi connectivity index (χ4n) is 4.03. The Balaban J connectivity index is 2.08. The second-order valence-corrected chi connectivity index (χ2v) is 7.43. The number of nitrogens with zero attached hydrogens (tertiary/aromatic N) is 3. The smallest absolute Gasteiger partial charge is 0.271 e. The first-order valence-electron chi connectivity index (χ1n) is 8.69. The number of aldehydes is 1. The summed E-state index contributed by atoms with van der Waals surface area (Å²) in [6, 6.07) is 5.10. The van der Waals surface area contributed by atoms with Crippen LogP contribution >= 0.6 is 0 Å². The zero-order valence-electron chi connectivity index (χ0n) is 14.4. The Morgan fingerprint density at radius 1 is 1.21 bits per heavy atom. The summed E-state index contributed by atoms with van der Waals surface area (Å²) in [4.78, 5) is 27.0. The van der Waals surface area contributed by atoms with Gasteiger partial charge >= 0.3 is 0 Å². The Morgan fingerprint density at radius 2 is 1.92 bits per heavy atom. The molecular weight excluding hydrogens is 306 g/mol. The quantitative estimate of drug-likeness (QED) is 0.482. The molecule has 0 radical (unpaired) electrons. The molecule has 0 amide bonds. The summed E-state index contributed by atoms with van der Waals surface area (Å²) in [5.41, 5.74) is 1.97. The molecule has 6 nitrogen and oxygen atoms in total. The third kappa shape index (κ3) is 3.02. The van der Waals surface area contributed by atoms with Crippen molar-refractivity contribution < 1.29 is 9.72 Å². The molecule has 24 heavy (non-hydrogen) atoms. The van der Waals surface area contributed by atoms with Gasteiger partial charge in [-0.15, -0.1) is 0 Å². The highest BCUT2D eigenvalue weighted by atomic mass is 16.6. The summed E-state index contributed by atoms with van der Waals surface area (Å²) in [6.45, 7) is 6.92. The zero-order valence-corrected chi connectivity index (χ0v) is 14.4. The molecule has 1 saturated heterocycles. The number of hydrogen-bond acceptors (Lipinski definition) is 5. The van der Waals surface area contributed by atoms with E-state index in [1.54, 1.807) is 12.1 Å². The molecule has 1 fully saturated rings. The number of likely N-dealkylation sites (tertiary alicyclic amines) is 1. The van der Waals surface area contributed by atoms with E-state index in [0.29, 0.717) is 0 Å². The SMILES string of the molecule is CC1(C)CCCN(C(C=O)N2CCCC2)c2cc([N+](=O)[O-])ccc21. The highest BCUT2D eigenvalue weighted by Gasteiger charge is 2.35. The molecular formula is C18H25N3O3. The Labute approximate surface area is 142 Å². The third-order valence-electron chi connectivity index (χ3n) is 5.39. The first-order chi connectivity index (χ1) is 11.4. The van der Waals surface area contributed by atoms with E-state index >= 15 is 0 Å². The molecule has 0 saturated carbocycles. The first kappa shape index (κ1) is 16.9. The van der Waals surface area contributed by atoms with Crippen LogP contribution in [0.1, 0.15) is 45.1 Å². The second-order valence-electron chi connectivity index (χ2n) is 7.43. The number of anilines is 1. The topological polar surface area (TPSA) is 66.7 Å². The lowest BCUT2D eigenvalue weighted by atomic mass is 9.80. The van der Waals surface area contributed by atoms with Crippen LogP contribution in [-0.4, -0.2) is 41.9 Å². The number of carbonyl (C=O) groups excluding carboxylic acids is 1. The van der Waals surface area contributed by atoms with Crippen molar-refractivity contribution in [2.75, 3.05) is 24.5 Å². The normalized spacial score (nSPS) is 21.8. The molecule has 0 aliphatic carbocycles. The van der Waals surface area contributed by atoms with E-state index in [1.807, 2.05) is 6.07 Å². The third-order valence-corrected chi connectivity index (χ3v) is 5.39. The molecule has 2 aliphatic heterocycles. The summed E-state index contributed by atoms with van der Waals surface area (Å²) in [5, 5.41) is 11.2. The van der Waals surface area contributed by atoms with Gasteiger partial charge in [-0.2, -0.15) is 0 Å². The van der Waals surface area contributed by atoms with Crippen LogP contribution in [0.3, 0.4) is 0 Å². The number of nitro groups is 1. The minimum atomic E-state index is -0.359. The summed E-state index contributed by atoms with van der Waals surface area (Å²) in [6.07, 6.45) is 4.83. The van der Waals surface area contributed by atoms with Gasteiger partial charge in [-0.3, -0.25) is 19.8 Å². The molecule has 2 aliphatic rings.